The Morgan fingerprint density at radius 3 is 3.13 bits per heavy atom. The van der Waals surface area contributed by atoms with Gasteiger partial charge in [0, 0.05) is 24.4 Å². The van der Waals surface area contributed by atoms with E-state index in [1.165, 1.54) is 11.3 Å². The highest BCUT2D eigenvalue weighted by molar-refractivity contribution is 7.11. The minimum absolute atomic E-state index is 0.0500. The van der Waals surface area contributed by atoms with E-state index in [0.717, 1.165) is 22.6 Å². The zero-order chi connectivity index (χ0) is 15.8. The largest absolute Gasteiger partial charge is 0.337 e. The van der Waals surface area contributed by atoms with E-state index in [0.29, 0.717) is 24.8 Å². The van der Waals surface area contributed by atoms with Crippen LogP contribution in [0.25, 0.3) is 11.5 Å². The van der Waals surface area contributed by atoms with Gasteiger partial charge in [0.2, 0.25) is 0 Å². The number of carbonyl (C=O) groups excluding carboxylic acids is 1. The Morgan fingerprint density at radius 1 is 1.48 bits per heavy atom. The van der Waals surface area contributed by atoms with Crippen LogP contribution in [0, 0.1) is 6.92 Å². The summed E-state index contributed by atoms with van der Waals surface area (Å²) in [4.78, 5) is 23.7. The highest BCUT2D eigenvalue weighted by Crippen LogP contribution is 2.29. The fourth-order valence-corrected chi connectivity index (χ4v) is 4.11. The maximum atomic E-state index is 12.5. The first kappa shape index (κ1) is 14.5. The molecule has 0 unspecified atom stereocenters. The fraction of sp³-hybridized carbons (Fsp3) is 0.333. The number of aryl methyl sites for hydroxylation is 1. The predicted octanol–water partition coefficient (Wildman–Crippen LogP) is 3.19. The summed E-state index contributed by atoms with van der Waals surface area (Å²) in [5.74, 6) is 1.41. The number of hydrogen-bond acceptors (Lipinski definition) is 7. The van der Waals surface area contributed by atoms with Crippen LogP contribution >= 0.6 is 22.7 Å². The van der Waals surface area contributed by atoms with Crippen LogP contribution in [-0.4, -0.2) is 39.0 Å². The summed E-state index contributed by atoms with van der Waals surface area (Å²) in [7, 11) is 0. The molecule has 23 heavy (non-hydrogen) atoms. The van der Waals surface area contributed by atoms with E-state index in [-0.39, 0.29) is 11.8 Å². The number of likely N-dealkylation sites (tertiary alicyclic amines) is 1. The minimum atomic E-state index is 0.0500. The smallest absolute Gasteiger partial charge is 0.265 e. The maximum Gasteiger partial charge on any atom is 0.265 e. The van der Waals surface area contributed by atoms with Crippen molar-refractivity contribution in [2.45, 2.75) is 19.3 Å². The van der Waals surface area contributed by atoms with Crippen molar-refractivity contribution in [1.82, 2.24) is 20.0 Å². The number of thiophene rings is 1. The number of hydrogen-bond donors (Lipinski definition) is 0. The second-order valence-electron chi connectivity index (χ2n) is 5.47. The lowest BCUT2D eigenvalue weighted by atomic mass is 10.1. The summed E-state index contributed by atoms with van der Waals surface area (Å²) in [6.45, 7) is 3.20. The van der Waals surface area contributed by atoms with E-state index in [1.54, 1.807) is 16.8 Å². The third-order valence-corrected chi connectivity index (χ3v) is 5.59. The van der Waals surface area contributed by atoms with Gasteiger partial charge in [-0.1, -0.05) is 5.16 Å². The Bertz CT molecular complexity index is 824. The third-order valence-electron chi connectivity index (χ3n) is 3.99. The van der Waals surface area contributed by atoms with Gasteiger partial charge in [-0.3, -0.25) is 4.79 Å². The van der Waals surface area contributed by atoms with Crippen LogP contribution in [0.3, 0.4) is 0 Å². The van der Waals surface area contributed by atoms with Crippen LogP contribution in [0.4, 0.5) is 0 Å². The standard InChI is InChI=1S/C15H14N4O2S2/c1-9-12(23-8-16-9)15(20)19-4-2-10(6-19)13-17-14(21-18-13)11-3-5-22-7-11/h3,5,7-8,10H,2,4,6H2,1H3/t10-/m1/s1. The van der Waals surface area contributed by atoms with Gasteiger partial charge in [-0.15, -0.1) is 11.3 Å². The Kier molecular flexibility index (Phi) is 3.70. The molecule has 0 radical (unpaired) electrons. The molecular formula is C15H14N4O2S2. The molecule has 4 heterocycles. The number of rotatable bonds is 3. The SMILES string of the molecule is Cc1ncsc1C(=O)N1CC[C@@H](c2noc(-c3ccsc3)n2)C1. The molecule has 3 aromatic rings. The lowest BCUT2D eigenvalue weighted by Crippen LogP contribution is -2.28. The lowest BCUT2D eigenvalue weighted by molar-refractivity contribution is 0.0794. The molecule has 0 bridgehead atoms. The van der Waals surface area contributed by atoms with Crippen molar-refractivity contribution in [3.05, 3.63) is 38.7 Å². The fourth-order valence-electron chi connectivity index (χ4n) is 2.71. The Labute approximate surface area is 140 Å². The van der Waals surface area contributed by atoms with Crippen LogP contribution in [0.2, 0.25) is 0 Å². The first-order valence-corrected chi connectivity index (χ1v) is 9.10. The molecule has 1 aliphatic rings. The van der Waals surface area contributed by atoms with Crippen LogP contribution in [0.1, 0.15) is 33.5 Å². The molecule has 1 aliphatic heterocycles. The summed E-state index contributed by atoms with van der Waals surface area (Å²) in [5, 5.41) is 8.06. The van der Waals surface area contributed by atoms with Crippen molar-refractivity contribution < 1.29 is 9.32 Å². The molecule has 1 amide bonds. The van der Waals surface area contributed by atoms with Gasteiger partial charge in [-0.2, -0.15) is 16.3 Å². The molecule has 0 aliphatic carbocycles. The Balaban J connectivity index is 1.48. The number of carbonyl (C=O) groups is 1. The molecule has 0 N–H and O–H groups in total. The molecule has 118 valence electrons. The molecule has 0 saturated carbocycles. The lowest BCUT2D eigenvalue weighted by Gasteiger charge is -2.14. The van der Waals surface area contributed by atoms with Gasteiger partial charge in [0.25, 0.3) is 11.8 Å². The third kappa shape index (κ3) is 2.68. The normalized spacial score (nSPS) is 17.8. The average molecular weight is 346 g/mol. The minimum Gasteiger partial charge on any atom is -0.337 e. The molecular weight excluding hydrogens is 332 g/mol. The van der Waals surface area contributed by atoms with E-state index >= 15 is 0 Å². The predicted molar refractivity (Wildman–Crippen MR) is 87.7 cm³/mol. The van der Waals surface area contributed by atoms with Crippen molar-refractivity contribution in [3.8, 4) is 11.5 Å². The first-order chi connectivity index (χ1) is 11.2. The molecule has 6 nitrogen and oxygen atoms in total. The molecule has 0 spiro atoms. The van der Waals surface area contributed by atoms with Crippen molar-refractivity contribution in [2.75, 3.05) is 13.1 Å². The molecule has 3 aromatic heterocycles. The van der Waals surface area contributed by atoms with Crippen molar-refractivity contribution in [1.29, 1.82) is 0 Å². The molecule has 4 rings (SSSR count). The first-order valence-electron chi connectivity index (χ1n) is 7.28. The molecule has 1 atom stereocenters. The van der Waals surface area contributed by atoms with E-state index in [1.807, 2.05) is 28.7 Å². The van der Waals surface area contributed by atoms with E-state index in [2.05, 4.69) is 15.1 Å². The Hall–Kier alpha value is -2.06. The van der Waals surface area contributed by atoms with Crippen LogP contribution in [-0.2, 0) is 0 Å². The van der Waals surface area contributed by atoms with Gasteiger partial charge in [-0.05, 0) is 24.8 Å². The van der Waals surface area contributed by atoms with Crippen molar-refractivity contribution >= 4 is 28.6 Å². The van der Waals surface area contributed by atoms with Crippen molar-refractivity contribution in [3.63, 3.8) is 0 Å². The van der Waals surface area contributed by atoms with Gasteiger partial charge in [0.1, 0.15) is 4.88 Å². The van der Waals surface area contributed by atoms with Gasteiger partial charge >= 0.3 is 0 Å². The van der Waals surface area contributed by atoms with Crippen LogP contribution in [0.15, 0.2) is 26.9 Å². The quantitative estimate of drug-likeness (QED) is 0.728. The van der Waals surface area contributed by atoms with Gasteiger partial charge in [0.15, 0.2) is 5.82 Å². The van der Waals surface area contributed by atoms with Crippen molar-refractivity contribution in [2.24, 2.45) is 0 Å². The van der Waals surface area contributed by atoms with E-state index in [4.69, 9.17) is 4.52 Å². The summed E-state index contributed by atoms with van der Waals surface area (Å²) >= 11 is 2.99. The molecule has 1 fully saturated rings. The van der Waals surface area contributed by atoms with E-state index in [9.17, 15) is 4.79 Å². The molecule has 1 saturated heterocycles. The summed E-state index contributed by atoms with van der Waals surface area (Å²) < 4.78 is 5.34. The highest BCUT2D eigenvalue weighted by Gasteiger charge is 2.32. The molecule has 0 aromatic carbocycles. The zero-order valence-corrected chi connectivity index (χ0v) is 14.1. The van der Waals surface area contributed by atoms with Gasteiger partial charge < -0.3 is 9.42 Å². The summed E-state index contributed by atoms with van der Waals surface area (Å²) in [5.41, 5.74) is 3.45. The topological polar surface area (TPSA) is 72.1 Å². The average Bonchev–Trinajstić information content (AvgIpc) is 3.31. The number of thiazole rings is 1. The second kappa shape index (κ2) is 5.86. The summed E-state index contributed by atoms with van der Waals surface area (Å²) in [6.07, 6.45) is 0.853. The number of amides is 1. The Morgan fingerprint density at radius 2 is 2.39 bits per heavy atom. The van der Waals surface area contributed by atoms with Gasteiger partial charge in [-0.25, -0.2) is 4.98 Å². The van der Waals surface area contributed by atoms with E-state index < -0.39 is 0 Å². The monoisotopic (exact) mass is 346 g/mol. The highest BCUT2D eigenvalue weighted by atomic mass is 32.1. The number of nitrogens with zero attached hydrogens (tertiary/aromatic N) is 4. The van der Waals surface area contributed by atoms with Crippen LogP contribution < -0.4 is 0 Å². The molecule has 8 heteroatoms. The summed E-state index contributed by atoms with van der Waals surface area (Å²) in [6, 6.07) is 1.96. The maximum absolute atomic E-state index is 12.5. The second-order valence-corrected chi connectivity index (χ2v) is 7.11. The number of aromatic nitrogens is 3. The zero-order valence-electron chi connectivity index (χ0n) is 12.4. The van der Waals surface area contributed by atoms with Gasteiger partial charge in [0.05, 0.1) is 16.8 Å². The van der Waals surface area contributed by atoms with Crippen LogP contribution in [0.5, 0.6) is 0 Å².